The van der Waals surface area contributed by atoms with Crippen LogP contribution in [0.4, 0.5) is 0 Å². The van der Waals surface area contributed by atoms with Crippen molar-refractivity contribution in [2.45, 2.75) is 239 Å². The van der Waals surface area contributed by atoms with Crippen LogP contribution in [-0.2, 0) is 4.79 Å². The van der Waals surface area contributed by atoms with Gasteiger partial charge >= 0.3 is 0 Å². The Morgan fingerprint density at radius 1 is 0.364 bits per heavy atom. The highest BCUT2D eigenvalue weighted by Crippen LogP contribution is 2.16. The van der Waals surface area contributed by atoms with E-state index in [1.54, 1.807) is 0 Å². The molecule has 0 aliphatic heterocycles. The lowest BCUT2D eigenvalue weighted by Crippen LogP contribution is -2.32. The molecule has 3 nitrogen and oxygen atoms in total. The van der Waals surface area contributed by atoms with Crippen molar-refractivity contribution < 1.29 is 9.90 Å². The summed E-state index contributed by atoms with van der Waals surface area (Å²) >= 11 is 0. The first kappa shape index (κ1) is 43.4. The lowest BCUT2D eigenvalue weighted by molar-refractivity contribution is -0.131. The minimum atomic E-state index is 0.200. The molecule has 0 heterocycles. The molecule has 0 bridgehead atoms. The number of carbonyl (C=O) groups is 1. The monoisotopic (exact) mass is 622 g/mol. The Kier molecular flexibility index (Phi) is 38.1. The van der Waals surface area contributed by atoms with E-state index in [-0.39, 0.29) is 6.61 Å². The van der Waals surface area contributed by atoms with Gasteiger partial charge in [-0.1, -0.05) is 206 Å². The van der Waals surface area contributed by atoms with Gasteiger partial charge in [0, 0.05) is 26.1 Å². The molecule has 3 heteroatoms. The Morgan fingerprint density at radius 2 is 0.614 bits per heavy atom. The maximum atomic E-state index is 12.8. The van der Waals surface area contributed by atoms with Gasteiger partial charge in [-0.2, -0.15) is 0 Å². The summed E-state index contributed by atoms with van der Waals surface area (Å²) in [4.78, 5) is 15.0. The summed E-state index contributed by atoms with van der Waals surface area (Å²) in [6.45, 7) is 6.67. The molecule has 0 saturated heterocycles. The van der Waals surface area contributed by atoms with Crippen molar-refractivity contribution in [2.75, 3.05) is 19.7 Å². The lowest BCUT2D eigenvalue weighted by Gasteiger charge is -2.23. The van der Waals surface area contributed by atoms with Crippen molar-refractivity contribution in [3.63, 3.8) is 0 Å². The Morgan fingerprint density at radius 3 is 0.864 bits per heavy atom. The minimum Gasteiger partial charge on any atom is -0.396 e. The van der Waals surface area contributed by atoms with Crippen LogP contribution in [0.3, 0.4) is 0 Å². The van der Waals surface area contributed by atoms with E-state index in [0.29, 0.717) is 12.3 Å². The fourth-order valence-corrected chi connectivity index (χ4v) is 6.61. The molecule has 0 aromatic rings. The van der Waals surface area contributed by atoms with Crippen molar-refractivity contribution in [3.8, 4) is 0 Å². The molecule has 0 spiro atoms. The number of rotatable bonds is 38. The zero-order chi connectivity index (χ0) is 32.0. The predicted octanol–water partition coefficient (Wildman–Crippen LogP) is 13.5. The van der Waals surface area contributed by atoms with Gasteiger partial charge in [-0.15, -0.1) is 0 Å². The van der Waals surface area contributed by atoms with Gasteiger partial charge in [0.25, 0.3) is 0 Å². The van der Waals surface area contributed by atoms with Gasteiger partial charge in [0.15, 0.2) is 0 Å². The van der Waals surface area contributed by atoms with Crippen LogP contribution < -0.4 is 0 Å². The maximum absolute atomic E-state index is 12.8. The average molecular weight is 622 g/mol. The van der Waals surface area contributed by atoms with Crippen LogP contribution in [0.25, 0.3) is 0 Å². The van der Waals surface area contributed by atoms with Gasteiger partial charge < -0.3 is 10.0 Å². The molecule has 44 heavy (non-hydrogen) atoms. The number of carbonyl (C=O) groups excluding carboxylic acids is 1. The molecule has 0 aromatic carbocycles. The summed E-state index contributed by atoms with van der Waals surface area (Å²) < 4.78 is 0. The molecule has 0 atom stereocenters. The first-order chi connectivity index (χ1) is 21.8. The lowest BCUT2D eigenvalue weighted by atomic mass is 10.0. The molecule has 0 saturated carbocycles. The van der Waals surface area contributed by atoms with Gasteiger partial charge in [-0.05, 0) is 25.7 Å². The van der Waals surface area contributed by atoms with Gasteiger partial charge in [-0.25, -0.2) is 0 Å². The molecule has 0 aromatic heterocycles. The van der Waals surface area contributed by atoms with E-state index < -0.39 is 0 Å². The van der Waals surface area contributed by atoms with Crippen LogP contribution in [0.15, 0.2) is 0 Å². The summed E-state index contributed by atoms with van der Waals surface area (Å²) in [5.41, 5.74) is 0. The van der Waals surface area contributed by atoms with E-state index in [9.17, 15) is 4.79 Å². The van der Waals surface area contributed by atoms with E-state index in [1.807, 2.05) is 0 Å². The molecule has 0 aliphatic carbocycles. The normalized spacial score (nSPS) is 11.4. The Bertz CT molecular complexity index is 501. The highest BCUT2D eigenvalue weighted by molar-refractivity contribution is 5.76. The summed E-state index contributed by atoms with van der Waals surface area (Å²) in [6.07, 6.45) is 46.6. The van der Waals surface area contributed by atoms with Crippen molar-refractivity contribution in [2.24, 2.45) is 0 Å². The molecule has 0 fully saturated rings. The van der Waals surface area contributed by atoms with Gasteiger partial charge in [0.1, 0.15) is 0 Å². The van der Waals surface area contributed by atoms with Crippen molar-refractivity contribution in [1.29, 1.82) is 0 Å². The van der Waals surface area contributed by atoms with Crippen molar-refractivity contribution >= 4 is 5.91 Å². The van der Waals surface area contributed by atoms with E-state index in [4.69, 9.17) is 5.11 Å². The molecule has 0 aliphatic rings. The Balaban J connectivity index is 3.73. The molecular weight excluding hydrogens is 538 g/mol. The number of amides is 1. The topological polar surface area (TPSA) is 40.5 Å². The number of aliphatic hydroxyl groups excluding tert-OH is 1. The molecule has 1 N–H and O–H groups in total. The summed E-state index contributed by atoms with van der Waals surface area (Å²) in [5, 5.41) is 9.11. The van der Waals surface area contributed by atoms with Crippen molar-refractivity contribution in [3.05, 3.63) is 0 Å². The van der Waals surface area contributed by atoms with Gasteiger partial charge in [0.2, 0.25) is 5.91 Å². The predicted molar refractivity (Wildman–Crippen MR) is 197 cm³/mol. The summed E-state index contributed by atoms with van der Waals surface area (Å²) in [6, 6.07) is 0. The van der Waals surface area contributed by atoms with Crippen molar-refractivity contribution in [1.82, 2.24) is 4.90 Å². The third-order valence-corrected chi connectivity index (χ3v) is 9.71. The van der Waals surface area contributed by atoms with Crippen LogP contribution in [-0.4, -0.2) is 35.6 Å². The van der Waals surface area contributed by atoms with Crippen LogP contribution in [0.2, 0.25) is 0 Å². The minimum absolute atomic E-state index is 0.200. The van der Waals surface area contributed by atoms with Crippen LogP contribution in [0.1, 0.15) is 239 Å². The molecular formula is C41H83NO2. The summed E-state index contributed by atoms with van der Waals surface area (Å²) in [7, 11) is 0. The Labute approximate surface area is 278 Å². The van der Waals surface area contributed by atoms with Crippen LogP contribution >= 0.6 is 0 Å². The number of aliphatic hydroxyl groups is 1. The van der Waals surface area contributed by atoms with Gasteiger partial charge in [-0.3, -0.25) is 4.79 Å². The number of unbranched alkanes of at least 4 members (excludes halogenated alkanes) is 31. The zero-order valence-corrected chi connectivity index (χ0v) is 30.7. The first-order valence-electron chi connectivity index (χ1n) is 20.6. The van der Waals surface area contributed by atoms with E-state index in [2.05, 4.69) is 18.7 Å². The number of hydrogen-bond acceptors (Lipinski definition) is 2. The second-order valence-electron chi connectivity index (χ2n) is 14.2. The van der Waals surface area contributed by atoms with Crippen LogP contribution in [0, 0.1) is 0 Å². The molecule has 264 valence electrons. The molecule has 0 radical (unpaired) electrons. The highest BCUT2D eigenvalue weighted by atomic mass is 16.3. The summed E-state index contributed by atoms with van der Waals surface area (Å²) in [5.74, 6) is 0.320. The van der Waals surface area contributed by atoms with E-state index >= 15 is 0 Å². The fourth-order valence-electron chi connectivity index (χ4n) is 6.61. The standard InChI is InChI=1S/C41H83NO2/c1-3-5-7-9-11-13-15-17-19-21-23-25-27-29-31-34-38-42(41(44)37-33-36-40-43)39-35-32-30-28-26-24-22-20-18-16-14-12-10-8-6-4-2/h43H,3-40H2,1-2H3. The first-order valence-corrected chi connectivity index (χ1v) is 20.6. The number of hydrogen-bond donors (Lipinski definition) is 1. The van der Waals surface area contributed by atoms with Gasteiger partial charge in [0.05, 0.1) is 0 Å². The quantitative estimate of drug-likeness (QED) is 0.0697. The molecule has 0 unspecified atom stereocenters. The maximum Gasteiger partial charge on any atom is 0.222 e. The zero-order valence-electron chi connectivity index (χ0n) is 30.7. The molecule has 0 rings (SSSR count). The average Bonchev–Trinajstić information content (AvgIpc) is 3.03. The molecule has 1 amide bonds. The van der Waals surface area contributed by atoms with E-state index in [0.717, 1.165) is 38.8 Å². The fraction of sp³-hybridized carbons (Fsp3) is 0.976. The highest BCUT2D eigenvalue weighted by Gasteiger charge is 2.12. The van der Waals surface area contributed by atoms with Crippen LogP contribution in [0.5, 0.6) is 0 Å². The Hall–Kier alpha value is -0.570. The smallest absolute Gasteiger partial charge is 0.222 e. The third kappa shape index (κ3) is 34.3. The third-order valence-electron chi connectivity index (χ3n) is 9.71. The van der Waals surface area contributed by atoms with E-state index in [1.165, 1.54) is 193 Å². The largest absolute Gasteiger partial charge is 0.396 e. The SMILES string of the molecule is CCCCCCCCCCCCCCCCCCN(CCCCCCCCCCCCCCCCCC)C(=O)CCCCO. The number of nitrogens with zero attached hydrogens (tertiary/aromatic N) is 1. The second kappa shape index (κ2) is 38.6. The second-order valence-corrected chi connectivity index (χ2v) is 14.2.